The minimum atomic E-state index is -1.10. The van der Waals surface area contributed by atoms with E-state index in [2.05, 4.69) is 27.2 Å². The van der Waals surface area contributed by atoms with Gasteiger partial charge in [0.2, 0.25) is 5.91 Å². The van der Waals surface area contributed by atoms with E-state index in [1.54, 1.807) is 24.3 Å². The molecule has 0 radical (unpaired) electrons. The molecule has 1 atom stereocenters. The zero-order valence-corrected chi connectivity index (χ0v) is 20.2. The van der Waals surface area contributed by atoms with Gasteiger partial charge in [-0.15, -0.1) is 0 Å². The number of benzene rings is 1. The molecule has 0 unspecified atom stereocenters. The van der Waals surface area contributed by atoms with Crippen LogP contribution in [0.3, 0.4) is 0 Å². The molecule has 1 fully saturated rings. The Balaban J connectivity index is 1.26. The third kappa shape index (κ3) is 5.00. The van der Waals surface area contributed by atoms with Crippen molar-refractivity contribution < 1.29 is 19.4 Å². The third-order valence-corrected chi connectivity index (χ3v) is 6.37. The molecule has 0 aliphatic carbocycles. The number of anilines is 1. The molecule has 0 saturated carbocycles. The predicted molar refractivity (Wildman–Crippen MR) is 133 cm³/mol. The van der Waals surface area contributed by atoms with Gasteiger partial charge in [-0.25, -0.2) is 4.79 Å². The predicted octanol–water partition coefficient (Wildman–Crippen LogP) is 1.83. The molecule has 2 aromatic heterocycles. The monoisotopic (exact) mass is 485 g/mol. The number of carbonyl (C=O) groups excluding carboxylic acids is 2. The van der Waals surface area contributed by atoms with Crippen LogP contribution in [0.1, 0.15) is 34.5 Å². The molecule has 2 aliphatic rings. The van der Waals surface area contributed by atoms with Crippen molar-refractivity contribution in [1.82, 2.24) is 20.1 Å². The highest BCUT2D eigenvalue weighted by Crippen LogP contribution is 2.27. The molecule has 3 aromatic rings. The number of rotatable bonds is 3. The van der Waals surface area contributed by atoms with Crippen LogP contribution < -0.4 is 10.2 Å². The largest absolute Gasteiger partial charge is 0.373 e. The quantitative estimate of drug-likeness (QED) is 0.548. The Labute approximate surface area is 209 Å². The second-order valence-electron chi connectivity index (χ2n) is 9.30. The van der Waals surface area contributed by atoms with Gasteiger partial charge in [0.05, 0.1) is 19.4 Å². The van der Waals surface area contributed by atoms with Gasteiger partial charge in [-0.2, -0.15) is 9.78 Å². The van der Waals surface area contributed by atoms with E-state index in [0.717, 1.165) is 28.2 Å². The minimum Gasteiger partial charge on any atom is -0.373 e. The number of aryl methyl sites for hydroxylation is 2. The van der Waals surface area contributed by atoms with Crippen LogP contribution in [0, 0.1) is 18.8 Å². The lowest BCUT2D eigenvalue weighted by Crippen LogP contribution is -2.48. The Morgan fingerprint density at radius 3 is 2.89 bits per heavy atom. The molecule has 0 bridgehead atoms. The van der Waals surface area contributed by atoms with E-state index in [0.29, 0.717) is 24.8 Å². The molecule has 0 spiro atoms. The van der Waals surface area contributed by atoms with Crippen LogP contribution in [-0.4, -0.2) is 63.7 Å². The standard InChI is InChI=1S/C27H27N5O4/c1-18-4-3-5-22(29-18)12-20-14-28-32(15-20)26(34)30-23-9-8-21-7-6-19(10-11-27(35)16-36-17-27)13-24(21)31(2)25(23)33/h3-7,13-15,23,35H,8-9,12,16-17H2,1-2H3,(H,30,34)/t23-/m0/s1. The Morgan fingerprint density at radius 2 is 2.14 bits per heavy atom. The van der Waals surface area contributed by atoms with Gasteiger partial charge in [0.25, 0.3) is 0 Å². The normalized spacial score (nSPS) is 18.4. The van der Waals surface area contributed by atoms with Crippen LogP contribution >= 0.6 is 0 Å². The average Bonchev–Trinajstić information content (AvgIpc) is 3.28. The van der Waals surface area contributed by atoms with Crippen LogP contribution in [0.4, 0.5) is 10.5 Å². The van der Waals surface area contributed by atoms with E-state index in [-0.39, 0.29) is 19.1 Å². The fourth-order valence-electron chi connectivity index (χ4n) is 4.32. The fourth-order valence-corrected chi connectivity index (χ4v) is 4.32. The summed E-state index contributed by atoms with van der Waals surface area (Å²) in [7, 11) is 1.69. The Kier molecular flexibility index (Phi) is 6.31. The van der Waals surface area contributed by atoms with Crippen molar-refractivity contribution in [3.63, 3.8) is 0 Å². The molecule has 9 nitrogen and oxygen atoms in total. The Hall–Kier alpha value is -4.00. The van der Waals surface area contributed by atoms with Crippen molar-refractivity contribution in [3.8, 4) is 11.8 Å². The molecule has 2 N–H and O–H groups in total. The molecule has 9 heteroatoms. The lowest BCUT2D eigenvalue weighted by Gasteiger charge is -2.30. The van der Waals surface area contributed by atoms with Crippen molar-refractivity contribution in [1.29, 1.82) is 0 Å². The second-order valence-corrected chi connectivity index (χ2v) is 9.30. The SMILES string of the molecule is Cc1cccc(Cc2cnn(C(=O)N[C@H]3CCc4ccc(C#CC5(O)COC5)cc4N(C)C3=O)c2)n1. The summed E-state index contributed by atoms with van der Waals surface area (Å²) in [4.78, 5) is 32.1. The molecule has 5 rings (SSSR count). The van der Waals surface area contributed by atoms with Crippen LogP contribution in [0.25, 0.3) is 0 Å². The number of nitrogens with zero attached hydrogens (tertiary/aromatic N) is 4. The zero-order chi connectivity index (χ0) is 25.3. The number of hydrogen-bond donors (Lipinski definition) is 2. The smallest absolute Gasteiger partial charge is 0.342 e. The lowest BCUT2D eigenvalue weighted by molar-refractivity contribution is -0.140. The first kappa shape index (κ1) is 23.7. The summed E-state index contributed by atoms with van der Waals surface area (Å²) in [6.07, 6.45) is 4.93. The van der Waals surface area contributed by atoms with E-state index in [1.807, 2.05) is 43.3 Å². The van der Waals surface area contributed by atoms with E-state index >= 15 is 0 Å². The average molecular weight is 486 g/mol. The van der Waals surface area contributed by atoms with Gasteiger partial charge >= 0.3 is 6.03 Å². The number of nitrogens with one attached hydrogen (secondary N) is 1. The van der Waals surface area contributed by atoms with Crippen molar-refractivity contribution in [2.75, 3.05) is 25.2 Å². The number of aliphatic hydroxyl groups is 1. The van der Waals surface area contributed by atoms with Crippen molar-refractivity contribution in [2.45, 2.75) is 37.8 Å². The summed E-state index contributed by atoms with van der Waals surface area (Å²) < 4.78 is 6.24. The zero-order valence-electron chi connectivity index (χ0n) is 20.2. The van der Waals surface area contributed by atoms with E-state index < -0.39 is 17.7 Å². The highest BCUT2D eigenvalue weighted by atomic mass is 16.5. The van der Waals surface area contributed by atoms with Crippen molar-refractivity contribution in [2.24, 2.45) is 0 Å². The Bertz CT molecular complexity index is 1380. The molecular weight excluding hydrogens is 458 g/mol. The van der Waals surface area contributed by atoms with Gasteiger partial charge < -0.3 is 20.1 Å². The minimum absolute atomic E-state index is 0.200. The van der Waals surface area contributed by atoms with Crippen LogP contribution in [0.15, 0.2) is 48.8 Å². The Morgan fingerprint density at radius 1 is 1.31 bits per heavy atom. The van der Waals surface area contributed by atoms with E-state index in [1.165, 1.54) is 4.68 Å². The van der Waals surface area contributed by atoms with Gasteiger partial charge in [0.15, 0.2) is 5.60 Å². The molecule has 2 amide bonds. The number of carbonyl (C=O) groups is 2. The first-order valence-corrected chi connectivity index (χ1v) is 11.8. The maximum Gasteiger partial charge on any atom is 0.342 e. The highest BCUT2D eigenvalue weighted by Gasteiger charge is 2.34. The number of fused-ring (bicyclic) bond motifs is 1. The van der Waals surface area contributed by atoms with Crippen LogP contribution in [0.2, 0.25) is 0 Å². The highest BCUT2D eigenvalue weighted by molar-refractivity contribution is 6.00. The molecule has 1 saturated heterocycles. The molecular formula is C27H27N5O4. The fraction of sp³-hybridized carbons (Fsp3) is 0.333. The maximum atomic E-state index is 13.2. The number of aromatic nitrogens is 3. The molecule has 36 heavy (non-hydrogen) atoms. The van der Waals surface area contributed by atoms with Gasteiger partial charge in [-0.3, -0.25) is 9.78 Å². The maximum absolute atomic E-state index is 13.2. The van der Waals surface area contributed by atoms with Crippen molar-refractivity contribution in [3.05, 3.63) is 76.9 Å². The molecule has 1 aromatic carbocycles. The van der Waals surface area contributed by atoms with E-state index in [4.69, 9.17) is 4.74 Å². The van der Waals surface area contributed by atoms with Gasteiger partial charge in [0.1, 0.15) is 6.04 Å². The number of pyridine rings is 1. The summed E-state index contributed by atoms with van der Waals surface area (Å²) in [6, 6.07) is 10.3. The summed E-state index contributed by atoms with van der Waals surface area (Å²) in [5.41, 5.74) is 4.01. The summed E-state index contributed by atoms with van der Waals surface area (Å²) in [5, 5.41) is 17.1. The van der Waals surface area contributed by atoms with Gasteiger partial charge in [-0.1, -0.05) is 24.0 Å². The molecule has 2 aliphatic heterocycles. The first-order valence-electron chi connectivity index (χ1n) is 11.8. The first-order chi connectivity index (χ1) is 17.3. The number of amides is 2. The van der Waals surface area contributed by atoms with Crippen molar-refractivity contribution >= 4 is 17.6 Å². The molecule has 184 valence electrons. The topological polar surface area (TPSA) is 110 Å². The van der Waals surface area contributed by atoms with Crippen LogP contribution in [-0.2, 0) is 22.4 Å². The van der Waals surface area contributed by atoms with Gasteiger partial charge in [0, 0.05) is 42.3 Å². The summed E-state index contributed by atoms with van der Waals surface area (Å²) >= 11 is 0. The number of ether oxygens (including phenoxy) is 1. The molecule has 4 heterocycles. The summed E-state index contributed by atoms with van der Waals surface area (Å²) in [6.45, 7) is 2.33. The number of hydrogen-bond acceptors (Lipinski definition) is 6. The third-order valence-electron chi connectivity index (χ3n) is 6.37. The van der Waals surface area contributed by atoms with Gasteiger partial charge in [-0.05, 0) is 55.2 Å². The lowest BCUT2D eigenvalue weighted by atomic mass is 10.0. The van der Waals surface area contributed by atoms with E-state index in [9.17, 15) is 14.7 Å². The van der Waals surface area contributed by atoms with Crippen LogP contribution in [0.5, 0.6) is 0 Å². The summed E-state index contributed by atoms with van der Waals surface area (Å²) in [5.74, 6) is 5.60. The number of likely N-dealkylation sites (N-methyl/N-ethyl adjacent to an activating group) is 1. The second kappa shape index (κ2) is 9.57.